The van der Waals surface area contributed by atoms with E-state index in [1.807, 2.05) is 45.0 Å². The van der Waals surface area contributed by atoms with Crippen LogP contribution in [-0.4, -0.2) is 48.7 Å². The molecule has 1 aliphatic heterocycles. The molecule has 10 heteroatoms. The minimum Gasteiger partial charge on any atom is -0.504 e. The van der Waals surface area contributed by atoms with Crippen LogP contribution in [0, 0.1) is 0 Å². The number of phenols is 1. The molecule has 1 atom stereocenters. The first-order valence-electron chi connectivity index (χ1n) is 13.7. The van der Waals surface area contributed by atoms with E-state index in [0.717, 1.165) is 0 Å². The molecule has 0 bridgehead atoms. The summed E-state index contributed by atoms with van der Waals surface area (Å²) in [4.78, 5) is 32.7. The van der Waals surface area contributed by atoms with Gasteiger partial charge in [0.15, 0.2) is 16.3 Å². The second kappa shape index (κ2) is 13.7. The highest BCUT2D eigenvalue weighted by Crippen LogP contribution is 2.36. The number of hydrogen-bond acceptors (Lipinski definition) is 9. The Hall–Kier alpha value is -4.15. The van der Waals surface area contributed by atoms with Gasteiger partial charge in [-0.1, -0.05) is 35.6 Å². The van der Waals surface area contributed by atoms with Crippen molar-refractivity contribution in [2.45, 2.75) is 46.3 Å². The molecule has 42 heavy (non-hydrogen) atoms. The van der Waals surface area contributed by atoms with Crippen LogP contribution in [0.25, 0.3) is 6.08 Å². The third kappa shape index (κ3) is 6.50. The highest BCUT2D eigenvalue weighted by molar-refractivity contribution is 7.07. The Balaban J connectivity index is 1.94. The van der Waals surface area contributed by atoms with Gasteiger partial charge >= 0.3 is 5.97 Å². The third-order valence-electron chi connectivity index (χ3n) is 6.48. The number of esters is 1. The molecule has 2 heterocycles. The Labute approximate surface area is 248 Å². The zero-order valence-electron chi connectivity index (χ0n) is 24.5. The summed E-state index contributed by atoms with van der Waals surface area (Å²) in [6, 6.07) is 10.0. The summed E-state index contributed by atoms with van der Waals surface area (Å²) in [6.07, 6.45) is 3.72. The number of benzene rings is 2. The van der Waals surface area contributed by atoms with Gasteiger partial charge in [0.1, 0.15) is 18.4 Å². The van der Waals surface area contributed by atoms with Crippen molar-refractivity contribution in [2.75, 3.05) is 26.9 Å². The first-order valence-corrected chi connectivity index (χ1v) is 14.6. The standard InChI is InChI=1S/C32H36N2O7S/c1-7-11-22-16-21(17-25(29(22)35)39-8-2)18-26-30(36)34-28(23-12-9-10-13-24(23)41-19(3)4)27(20(5)33-32(34)42-26)31(37)40-15-14-38-6/h7,9-10,12-13,16-19,28,35H,1,8,11,14-15H2,2-6H3/b26-18+/t28-/m1/s1. The number of phenolic OH excluding ortho intramolecular Hbond substituents is 1. The van der Waals surface area contributed by atoms with Crippen LogP contribution in [0.5, 0.6) is 17.2 Å². The summed E-state index contributed by atoms with van der Waals surface area (Å²) >= 11 is 1.21. The van der Waals surface area contributed by atoms with Crippen molar-refractivity contribution in [2.24, 2.45) is 4.99 Å². The number of thiazole rings is 1. The maximum Gasteiger partial charge on any atom is 0.338 e. The predicted octanol–water partition coefficient (Wildman–Crippen LogP) is 4.04. The number of aromatic hydroxyl groups is 1. The van der Waals surface area contributed by atoms with Crippen LogP contribution < -0.4 is 24.4 Å². The number of methoxy groups -OCH3 is 1. The number of hydrogen-bond donors (Lipinski definition) is 1. The van der Waals surface area contributed by atoms with E-state index in [-0.39, 0.29) is 36.2 Å². The van der Waals surface area contributed by atoms with E-state index in [1.165, 1.54) is 23.0 Å². The molecule has 1 N–H and O–H groups in total. The fourth-order valence-corrected chi connectivity index (χ4v) is 5.79. The van der Waals surface area contributed by atoms with Gasteiger partial charge in [0.05, 0.1) is 35.1 Å². The molecule has 0 unspecified atom stereocenters. The first kappa shape index (κ1) is 30.8. The minimum absolute atomic E-state index is 0.0457. The lowest BCUT2D eigenvalue weighted by Gasteiger charge is -2.27. The largest absolute Gasteiger partial charge is 0.504 e. The van der Waals surface area contributed by atoms with Crippen LogP contribution in [0.3, 0.4) is 0 Å². The van der Waals surface area contributed by atoms with Crippen LogP contribution in [0.4, 0.5) is 0 Å². The van der Waals surface area contributed by atoms with Crippen LogP contribution in [0.2, 0.25) is 0 Å². The van der Waals surface area contributed by atoms with E-state index in [1.54, 1.807) is 31.2 Å². The Kier molecular flexibility index (Phi) is 10.0. The second-order valence-corrected chi connectivity index (χ2v) is 10.9. The van der Waals surface area contributed by atoms with Gasteiger partial charge in [0, 0.05) is 18.2 Å². The lowest BCUT2D eigenvalue weighted by molar-refractivity contribution is -0.140. The first-order chi connectivity index (χ1) is 20.2. The number of allylic oxidation sites excluding steroid dienone is 2. The predicted molar refractivity (Wildman–Crippen MR) is 162 cm³/mol. The molecule has 3 aromatic rings. The fraction of sp³-hybridized carbons (Fsp3) is 0.344. The molecule has 4 rings (SSSR count). The number of carbonyl (C=O) groups excluding carboxylic acids is 1. The summed E-state index contributed by atoms with van der Waals surface area (Å²) in [7, 11) is 1.53. The quantitative estimate of drug-likeness (QED) is 0.192. The Morgan fingerprint density at radius 3 is 2.67 bits per heavy atom. The Bertz CT molecular complexity index is 1680. The zero-order valence-corrected chi connectivity index (χ0v) is 25.3. The molecule has 9 nitrogen and oxygen atoms in total. The van der Waals surface area contributed by atoms with Crippen molar-refractivity contribution in [3.8, 4) is 17.2 Å². The normalized spacial score (nSPS) is 14.9. The Morgan fingerprint density at radius 1 is 1.21 bits per heavy atom. The summed E-state index contributed by atoms with van der Waals surface area (Å²) in [5, 5.41) is 10.6. The molecule has 222 valence electrons. The summed E-state index contributed by atoms with van der Waals surface area (Å²) in [5.41, 5.74) is 2.32. The molecule has 1 aromatic heterocycles. The maximum atomic E-state index is 14.1. The lowest BCUT2D eigenvalue weighted by Crippen LogP contribution is -2.40. The minimum atomic E-state index is -0.830. The maximum absolute atomic E-state index is 14.1. The van der Waals surface area contributed by atoms with Gasteiger partial charge in [-0.3, -0.25) is 9.36 Å². The number of aromatic nitrogens is 1. The van der Waals surface area contributed by atoms with Crippen LogP contribution >= 0.6 is 11.3 Å². The van der Waals surface area contributed by atoms with Gasteiger partial charge in [-0.2, -0.15) is 0 Å². The average molecular weight is 593 g/mol. The number of rotatable bonds is 12. The molecule has 0 saturated heterocycles. The third-order valence-corrected chi connectivity index (χ3v) is 7.46. The molecular formula is C32H36N2O7S. The van der Waals surface area contributed by atoms with Gasteiger partial charge < -0.3 is 24.1 Å². The number of ether oxygens (including phenoxy) is 4. The van der Waals surface area contributed by atoms with E-state index in [2.05, 4.69) is 11.6 Å². The van der Waals surface area contributed by atoms with Crippen LogP contribution in [0.15, 0.2) is 70.1 Å². The monoisotopic (exact) mass is 592 g/mol. The van der Waals surface area contributed by atoms with Crippen molar-refractivity contribution in [3.05, 3.63) is 96.7 Å². The molecule has 0 amide bonds. The zero-order chi connectivity index (χ0) is 30.4. The van der Waals surface area contributed by atoms with E-state index >= 15 is 0 Å². The fourth-order valence-electron chi connectivity index (χ4n) is 4.74. The van der Waals surface area contributed by atoms with Crippen molar-refractivity contribution < 1.29 is 28.8 Å². The van der Waals surface area contributed by atoms with E-state index in [9.17, 15) is 14.7 Å². The lowest BCUT2D eigenvalue weighted by atomic mass is 9.95. The summed E-state index contributed by atoms with van der Waals surface area (Å²) in [6.45, 7) is 11.8. The SMILES string of the molecule is C=CCc1cc(/C=c2/sc3n(c2=O)[C@H](c2ccccc2OC(C)C)C(C(=O)OCCOC)=C(C)N=3)cc(OCC)c1O. The second-order valence-electron chi connectivity index (χ2n) is 9.87. The van der Waals surface area contributed by atoms with Crippen molar-refractivity contribution in [1.82, 2.24) is 4.57 Å². The molecule has 1 aliphatic rings. The van der Waals surface area contributed by atoms with Gasteiger partial charge in [0.25, 0.3) is 5.56 Å². The smallest absolute Gasteiger partial charge is 0.338 e. The summed E-state index contributed by atoms with van der Waals surface area (Å²) < 4.78 is 24.2. The van der Waals surface area contributed by atoms with Gasteiger partial charge in [-0.25, -0.2) is 9.79 Å². The average Bonchev–Trinajstić information content (AvgIpc) is 3.24. The number of para-hydroxylation sites is 1. The molecule has 0 spiro atoms. The molecule has 2 aromatic carbocycles. The van der Waals surface area contributed by atoms with Gasteiger partial charge in [0.2, 0.25) is 0 Å². The van der Waals surface area contributed by atoms with Crippen molar-refractivity contribution in [1.29, 1.82) is 0 Å². The summed E-state index contributed by atoms with van der Waals surface area (Å²) in [5.74, 6) is 0.341. The number of nitrogens with zero attached hydrogens (tertiary/aromatic N) is 2. The van der Waals surface area contributed by atoms with E-state index in [0.29, 0.717) is 56.2 Å². The highest BCUT2D eigenvalue weighted by Gasteiger charge is 2.35. The van der Waals surface area contributed by atoms with Crippen molar-refractivity contribution >= 4 is 23.4 Å². The topological polar surface area (TPSA) is 109 Å². The number of carbonyl (C=O) groups is 1. The molecular weight excluding hydrogens is 556 g/mol. The van der Waals surface area contributed by atoms with Crippen molar-refractivity contribution in [3.63, 3.8) is 0 Å². The highest BCUT2D eigenvalue weighted by atomic mass is 32.1. The molecule has 0 aliphatic carbocycles. The van der Waals surface area contributed by atoms with Gasteiger partial charge in [-0.05, 0) is 64.0 Å². The molecule has 0 radical (unpaired) electrons. The van der Waals surface area contributed by atoms with Crippen LogP contribution in [0.1, 0.15) is 50.4 Å². The van der Waals surface area contributed by atoms with Crippen LogP contribution in [-0.2, 0) is 20.7 Å². The van der Waals surface area contributed by atoms with E-state index in [4.69, 9.17) is 18.9 Å². The van der Waals surface area contributed by atoms with Gasteiger partial charge in [-0.15, -0.1) is 6.58 Å². The Morgan fingerprint density at radius 2 is 1.98 bits per heavy atom. The molecule has 0 fully saturated rings. The number of fused-ring (bicyclic) bond motifs is 1. The van der Waals surface area contributed by atoms with E-state index < -0.39 is 12.0 Å². The molecule has 0 saturated carbocycles.